The van der Waals surface area contributed by atoms with Crippen LogP contribution in [-0.4, -0.2) is 23.4 Å². The molecular weight excluding hydrogens is 256 g/mol. The summed E-state index contributed by atoms with van der Waals surface area (Å²) in [4.78, 5) is 14.2. The van der Waals surface area contributed by atoms with Crippen molar-refractivity contribution in [2.24, 2.45) is 5.16 Å². The molecule has 20 heavy (non-hydrogen) atoms. The molecule has 1 aromatic carbocycles. The van der Waals surface area contributed by atoms with Gasteiger partial charge in [0.25, 0.3) is 5.91 Å². The molecule has 5 nitrogen and oxygen atoms in total. The number of nitrogens with zero attached hydrogens (tertiary/aromatic N) is 2. The van der Waals surface area contributed by atoms with Crippen LogP contribution in [0.2, 0.25) is 0 Å². The van der Waals surface area contributed by atoms with Gasteiger partial charge in [0.2, 0.25) is 0 Å². The van der Waals surface area contributed by atoms with Crippen LogP contribution in [0.5, 0.6) is 0 Å². The van der Waals surface area contributed by atoms with Gasteiger partial charge >= 0.3 is 0 Å². The molecular formula is C15H14N2O3. The van der Waals surface area contributed by atoms with Crippen LogP contribution in [0.1, 0.15) is 29.0 Å². The Bertz CT molecular complexity index is 647. The van der Waals surface area contributed by atoms with Crippen molar-refractivity contribution in [1.29, 1.82) is 0 Å². The van der Waals surface area contributed by atoms with Crippen LogP contribution in [0, 0.1) is 0 Å². The van der Waals surface area contributed by atoms with Gasteiger partial charge in [0.1, 0.15) is 0 Å². The second-order valence-electron chi connectivity index (χ2n) is 4.60. The van der Waals surface area contributed by atoms with Crippen molar-refractivity contribution in [2.45, 2.75) is 12.8 Å². The number of fused-ring (bicyclic) bond motifs is 1. The van der Waals surface area contributed by atoms with Crippen LogP contribution in [0.3, 0.4) is 0 Å². The molecule has 2 heterocycles. The summed E-state index contributed by atoms with van der Waals surface area (Å²) in [5.74, 6) is 0.130. The molecule has 3 rings (SSSR count). The molecule has 102 valence electrons. The first-order valence-electron chi connectivity index (χ1n) is 6.47. The number of anilines is 1. The zero-order chi connectivity index (χ0) is 13.9. The van der Waals surface area contributed by atoms with Crippen molar-refractivity contribution >= 4 is 17.3 Å². The van der Waals surface area contributed by atoms with E-state index in [0.29, 0.717) is 24.4 Å². The van der Waals surface area contributed by atoms with E-state index in [1.165, 1.54) is 6.26 Å². The summed E-state index contributed by atoms with van der Waals surface area (Å²) < 4.78 is 5.19. The molecule has 0 aliphatic carbocycles. The Balaban J connectivity index is 2.06. The molecule has 1 N–H and O–H groups in total. The van der Waals surface area contributed by atoms with E-state index in [-0.39, 0.29) is 5.91 Å². The standard InChI is InChI=1S/C15H14N2O3/c18-15(14-8-4-10-20-14)17-9-3-6-12(16-19)11-5-1-2-7-13(11)17/h1-2,4-5,7-8,10,19H,3,6,9H2/b16-12-. The monoisotopic (exact) mass is 270 g/mol. The fourth-order valence-electron chi connectivity index (χ4n) is 2.46. The molecule has 0 radical (unpaired) electrons. The van der Waals surface area contributed by atoms with E-state index in [2.05, 4.69) is 5.16 Å². The maximum atomic E-state index is 12.5. The third kappa shape index (κ3) is 2.07. The quantitative estimate of drug-likeness (QED) is 0.640. The third-order valence-corrected chi connectivity index (χ3v) is 3.40. The summed E-state index contributed by atoms with van der Waals surface area (Å²) >= 11 is 0. The molecule has 1 aliphatic rings. The molecule has 0 fully saturated rings. The first-order chi connectivity index (χ1) is 9.81. The summed E-state index contributed by atoms with van der Waals surface area (Å²) in [6.07, 6.45) is 2.85. The van der Waals surface area contributed by atoms with Gasteiger partial charge in [-0.3, -0.25) is 4.79 Å². The van der Waals surface area contributed by atoms with Gasteiger partial charge in [-0.15, -0.1) is 0 Å². The Morgan fingerprint density at radius 1 is 1.25 bits per heavy atom. The summed E-state index contributed by atoms with van der Waals surface area (Å²) in [5.41, 5.74) is 2.14. The minimum atomic E-state index is -0.179. The van der Waals surface area contributed by atoms with Crippen molar-refractivity contribution < 1.29 is 14.4 Å². The first-order valence-corrected chi connectivity index (χ1v) is 6.47. The molecule has 0 spiro atoms. The number of hydrogen-bond acceptors (Lipinski definition) is 4. The largest absolute Gasteiger partial charge is 0.459 e. The highest BCUT2D eigenvalue weighted by Crippen LogP contribution is 2.28. The number of amides is 1. The van der Waals surface area contributed by atoms with E-state index in [1.54, 1.807) is 17.0 Å². The van der Waals surface area contributed by atoms with E-state index in [4.69, 9.17) is 9.62 Å². The Labute approximate surface area is 116 Å². The van der Waals surface area contributed by atoms with Crippen molar-refractivity contribution in [3.63, 3.8) is 0 Å². The Morgan fingerprint density at radius 2 is 2.10 bits per heavy atom. The van der Waals surface area contributed by atoms with Crippen LogP contribution in [0.25, 0.3) is 0 Å². The average Bonchev–Trinajstić information content (AvgIpc) is 2.95. The van der Waals surface area contributed by atoms with E-state index >= 15 is 0 Å². The number of para-hydroxylation sites is 1. The number of furan rings is 1. The molecule has 1 aliphatic heterocycles. The SMILES string of the molecule is O=C(c1ccco1)N1CCC/C(=N/O)c2ccccc21. The molecule has 5 heteroatoms. The van der Waals surface area contributed by atoms with Crippen LogP contribution in [0.15, 0.2) is 52.2 Å². The lowest BCUT2D eigenvalue weighted by atomic mass is 10.1. The summed E-state index contributed by atoms with van der Waals surface area (Å²) in [7, 11) is 0. The second-order valence-corrected chi connectivity index (χ2v) is 4.60. The van der Waals surface area contributed by atoms with Crippen molar-refractivity contribution in [3.05, 3.63) is 54.0 Å². The van der Waals surface area contributed by atoms with Crippen molar-refractivity contribution in [3.8, 4) is 0 Å². The lowest BCUT2D eigenvalue weighted by Crippen LogP contribution is -2.31. The summed E-state index contributed by atoms with van der Waals surface area (Å²) in [6, 6.07) is 10.8. The topological polar surface area (TPSA) is 66.0 Å². The zero-order valence-electron chi connectivity index (χ0n) is 10.8. The molecule has 0 saturated heterocycles. The van der Waals surface area contributed by atoms with E-state index < -0.39 is 0 Å². The van der Waals surface area contributed by atoms with Crippen molar-refractivity contribution in [2.75, 3.05) is 11.4 Å². The lowest BCUT2D eigenvalue weighted by Gasteiger charge is -2.21. The average molecular weight is 270 g/mol. The molecule has 0 bridgehead atoms. The Morgan fingerprint density at radius 3 is 2.85 bits per heavy atom. The highest BCUT2D eigenvalue weighted by molar-refractivity contribution is 6.12. The highest BCUT2D eigenvalue weighted by atomic mass is 16.4. The number of rotatable bonds is 1. The maximum Gasteiger partial charge on any atom is 0.293 e. The first kappa shape index (κ1) is 12.5. The molecule has 0 atom stereocenters. The number of carbonyl (C=O) groups is 1. The Hall–Kier alpha value is -2.56. The van der Waals surface area contributed by atoms with E-state index in [9.17, 15) is 4.79 Å². The van der Waals surface area contributed by atoms with Gasteiger partial charge in [0.05, 0.1) is 17.7 Å². The zero-order valence-corrected chi connectivity index (χ0v) is 10.8. The van der Waals surface area contributed by atoms with Crippen LogP contribution in [-0.2, 0) is 0 Å². The van der Waals surface area contributed by atoms with Gasteiger partial charge in [-0.25, -0.2) is 0 Å². The number of carbonyl (C=O) groups excluding carboxylic acids is 1. The number of benzene rings is 1. The predicted octanol–water partition coefficient (Wildman–Crippen LogP) is 2.90. The van der Waals surface area contributed by atoms with Crippen LogP contribution >= 0.6 is 0 Å². The smallest absolute Gasteiger partial charge is 0.293 e. The van der Waals surface area contributed by atoms with E-state index in [1.807, 2.05) is 24.3 Å². The molecule has 1 aromatic heterocycles. The second kappa shape index (κ2) is 5.21. The van der Waals surface area contributed by atoms with Crippen LogP contribution < -0.4 is 4.90 Å². The molecule has 0 unspecified atom stereocenters. The third-order valence-electron chi connectivity index (χ3n) is 3.40. The maximum absolute atomic E-state index is 12.5. The van der Waals surface area contributed by atoms with E-state index in [0.717, 1.165) is 17.7 Å². The predicted molar refractivity (Wildman–Crippen MR) is 74.4 cm³/mol. The van der Waals surface area contributed by atoms with Gasteiger partial charge in [0.15, 0.2) is 5.76 Å². The van der Waals surface area contributed by atoms with Gasteiger partial charge in [-0.2, -0.15) is 0 Å². The summed E-state index contributed by atoms with van der Waals surface area (Å²) in [6.45, 7) is 0.565. The summed E-state index contributed by atoms with van der Waals surface area (Å²) in [5, 5.41) is 12.5. The fraction of sp³-hybridized carbons (Fsp3) is 0.200. The lowest BCUT2D eigenvalue weighted by molar-refractivity contribution is 0.0960. The minimum absolute atomic E-state index is 0.179. The fourth-order valence-corrected chi connectivity index (χ4v) is 2.46. The minimum Gasteiger partial charge on any atom is -0.459 e. The van der Waals surface area contributed by atoms with Gasteiger partial charge in [-0.05, 0) is 31.0 Å². The molecule has 1 amide bonds. The van der Waals surface area contributed by atoms with Gasteiger partial charge in [0, 0.05) is 12.1 Å². The number of oxime groups is 1. The normalized spacial score (nSPS) is 16.8. The van der Waals surface area contributed by atoms with Crippen LogP contribution in [0.4, 0.5) is 5.69 Å². The number of hydrogen-bond donors (Lipinski definition) is 1. The van der Waals surface area contributed by atoms with Gasteiger partial charge in [-0.1, -0.05) is 23.4 Å². The molecule has 0 saturated carbocycles. The van der Waals surface area contributed by atoms with Gasteiger partial charge < -0.3 is 14.5 Å². The Kier molecular flexibility index (Phi) is 3.25. The molecule has 2 aromatic rings. The van der Waals surface area contributed by atoms with Crippen molar-refractivity contribution in [1.82, 2.24) is 0 Å². The highest BCUT2D eigenvalue weighted by Gasteiger charge is 2.26.